The van der Waals surface area contributed by atoms with Crippen LogP contribution >= 0.6 is 0 Å². The molecular weight excluding hydrogens is 574 g/mol. The Labute approximate surface area is 274 Å². The number of hydrogen-bond donors (Lipinski definition) is 6. The number of carbonyl (C=O) groups excluding carboxylic acids is 1. The number of hydrogen-bond acceptors (Lipinski definition) is 8. The van der Waals surface area contributed by atoms with Crippen molar-refractivity contribution in [3.05, 3.63) is 12.2 Å². The predicted octanol–water partition coefficient (Wildman–Crippen LogP) is 5.83. The van der Waals surface area contributed by atoms with E-state index in [-0.39, 0.29) is 12.5 Å². The van der Waals surface area contributed by atoms with Gasteiger partial charge in [0.25, 0.3) is 0 Å². The first-order valence-corrected chi connectivity index (χ1v) is 18.4. The fourth-order valence-electron chi connectivity index (χ4n) is 5.80. The Bertz CT molecular complexity index is 721. The van der Waals surface area contributed by atoms with Gasteiger partial charge in [-0.2, -0.15) is 0 Å². The normalized spacial score (nSPS) is 23.4. The molecular formula is C36H69NO8. The van der Waals surface area contributed by atoms with Crippen molar-refractivity contribution < 1.29 is 39.8 Å². The predicted molar refractivity (Wildman–Crippen MR) is 180 cm³/mol. The minimum absolute atomic E-state index is 0.181. The van der Waals surface area contributed by atoms with Crippen molar-refractivity contribution in [3.8, 4) is 0 Å². The zero-order valence-corrected chi connectivity index (χ0v) is 28.6. The summed E-state index contributed by atoms with van der Waals surface area (Å²) in [5, 5.41) is 53.7. The van der Waals surface area contributed by atoms with Gasteiger partial charge in [0.2, 0.25) is 5.91 Å². The highest BCUT2D eigenvalue weighted by molar-refractivity contribution is 5.76. The molecule has 0 aromatic rings. The first kappa shape index (κ1) is 42.0. The monoisotopic (exact) mass is 644 g/mol. The fourth-order valence-corrected chi connectivity index (χ4v) is 5.80. The number of amides is 1. The second kappa shape index (κ2) is 28.0. The number of rotatable bonds is 29. The van der Waals surface area contributed by atoms with Gasteiger partial charge in [0, 0.05) is 6.42 Å². The maximum atomic E-state index is 12.8. The molecule has 1 amide bonds. The van der Waals surface area contributed by atoms with Crippen molar-refractivity contribution in [1.29, 1.82) is 0 Å². The highest BCUT2D eigenvalue weighted by atomic mass is 16.7. The molecule has 1 saturated heterocycles. The molecule has 1 rings (SSSR count). The lowest BCUT2D eigenvalue weighted by Gasteiger charge is -2.40. The molecule has 6 N–H and O–H groups in total. The molecule has 45 heavy (non-hydrogen) atoms. The maximum absolute atomic E-state index is 12.8. The van der Waals surface area contributed by atoms with Crippen molar-refractivity contribution >= 4 is 5.91 Å². The third-order valence-electron chi connectivity index (χ3n) is 8.86. The third kappa shape index (κ3) is 20.0. The second-order valence-corrected chi connectivity index (χ2v) is 13.0. The van der Waals surface area contributed by atoms with E-state index in [9.17, 15) is 30.3 Å². The lowest BCUT2D eigenvalue weighted by molar-refractivity contribution is -0.302. The summed E-state index contributed by atoms with van der Waals surface area (Å²) in [6.07, 6.45) is 21.2. The van der Waals surface area contributed by atoms with E-state index in [1.807, 2.05) is 6.08 Å². The van der Waals surface area contributed by atoms with Crippen molar-refractivity contribution in [3.63, 3.8) is 0 Å². The van der Waals surface area contributed by atoms with Gasteiger partial charge in [-0.1, -0.05) is 142 Å². The minimum atomic E-state index is -1.56. The molecule has 1 heterocycles. The molecule has 7 atom stereocenters. The Hall–Kier alpha value is -1.07. The standard InChI is InChI=1S/C36H69NO8/c1-3-5-7-9-11-13-14-15-16-18-20-22-24-26-32(40)37-29(30(39)25-23-21-19-17-12-10-8-6-4-2)28-44-36-35(43)34(42)33(41)31(27-38)45-36/h23,25,29-31,33-36,38-39,41-43H,3-22,24,26-28H2,1-2H3,(H,37,40)/b25-23+/t29-,30+,31+,33+,34?,35?,36+/m0/s1. The average molecular weight is 644 g/mol. The molecule has 0 spiro atoms. The molecule has 0 aromatic heterocycles. The quantitative estimate of drug-likeness (QED) is 0.0441. The Morgan fingerprint density at radius 2 is 1.22 bits per heavy atom. The molecule has 1 fully saturated rings. The molecule has 0 aliphatic carbocycles. The molecule has 9 nitrogen and oxygen atoms in total. The van der Waals surface area contributed by atoms with Crippen molar-refractivity contribution in [2.75, 3.05) is 13.2 Å². The lowest BCUT2D eigenvalue weighted by Crippen LogP contribution is -2.60. The van der Waals surface area contributed by atoms with Gasteiger partial charge in [-0.25, -0.2) is 0 Å². The minimum Gasteiger partial charge on any atom is -0.394 e. The van der Waals surface area contributed by atoms with Crippen molar-refractivity contribution in [2.45, 2.75) is 198 Å². The van der Waals surface area contributed by atoms with Crippen LogP contribution in [0.4, 0.5) is 0 Å². The van der Waals surface area contributed by atoms with Gasteiger partial charge in [-0.15, -0.1) is 0 Å². The largest absolute Gasteiger partial charge is 0.394 e. The van der Waals surface area contributed by atoms with Crippen LogP contribution in [0.5, 0.6) is 0 Å². The molecule has 1 aliphatic heterocycles. The van der Waals surface area contributed by atoms with Crippen molar-refractivity contribution in [1.82, 2.24) is 5.32 Å². The molecule has 0 radical (unpaired) electrons. The Morgan fingerprint density at radius 3 is 1.73 bits per heavy atom. The number of allylic oxidation sites excluding steroid dienone is 1. The number of unbranched alkanes of at least 4 members (excludes halogenated alkanes) is 19. The van der Waals surface area contributed by atoms with Crippen LogP contribution in [-0.4, -0.2) is 87.5 Å². The smallest absolute Gasteiger partial charge is 0.220 e. The van der Waals surface area contributed by atoms with E-state index in [2.05, 4.69) is 19.2 Å². The van der Waals surface area contributed by atoms with Gasteiger partial charge >= 0.3 is 0 Å². The fraction of sp³-hybridized carbons (Fsp3) is 0.917. The number of aliphatic hydroxyl groups is 5. The summed E-state index contributed by atoms with van der Waals surface area (Å²) in [6, 6.07) is -0.794. The highest BCUT2D eigenvalue weighted by Crippen LogP contribution is 2.22. The van der Waals surface area contributed by atoms with Gasteiger partial charge in [-0.3, -0.25) is 4.79 Å². The molecule has 266 valence electrons. The van der Waals surface area contributed by atoms with E-state index in [0.717, 1.165) is 38.5 Å². The van der Waals surface area contributed by atoms with Gasteiger partial charge in [0.1, 0.15) is 24.4 Å². The molecule has 0 bridgehead atoms. The SMILES string of the molecule is CCCCCCCCC/C=C/[C@@H](O)[C@H](CO[C@@H]1O[C@H](CO)[C@@H](O)C(O)C1O)NC(=O)CCCCCCCCCCCCCCC. The number of ether oxygens (including phenoxy) is 2. The molecule has 1 aliphatic rings. The van der Waals surface area contributed by atoms with Gasteiger partial charge in [0.15, 0.2) is 6.29 Å². The molecule has 9 heteroatoms. The van der Waals surface area contributed by atoms with Crippen LogP contribution in [0, 0.1) is 0 Å². The van der Waals surface area contributed by atoms with Crippen LogP contribution in [0.25, 0.3) is 0 Å². The summed E-state index contributed by atoms with van der Waals surface area (Å²) in [5.41, 5.74) is 0. The van der Waals surface area contributed by atoms with E-state index in [0.29, 0.717) is 6.42 Å². The summed E-state index contributed by atoms with van der Waals surface area (Å²) in [4.78, 5) is 12.8. The van der Waals surface area contributed by atoms with Crippen LogP contribution in [0.15, 0.2) is 12.2 Å². The van der Waals surface area contributed by atoms with E-state index in [1.165, 1.54) is 96.3 Å². The first-order chi connectivity index (χ1) is 21.8. The molecule has 0 saturated carbocycles. The highest BCUT2D eigenvalue weighted by Gasteiger charge is 2.44. The summed E-state index contributed by atoms with van der Waals surface area (Å²) in [6.45, 7) is 3.71. The molecule has 0 aromatic carbocycles. The van der Waals surface area contributed by atoms with Gasteiger partial charge in [-0.05, 0) is 19.3 Å². The molecule has 2 unspecified atom stereocenters. The lowest BCUT2D eigenvalue weighted by atomic mass is 9.99. The number of nitrogens with one attached hydrogen (secondary N) is 1. The van der Waals surface area contributed by atoms with Crippen molar-refractivity contribution in [2.24, 2.45) is 0 Å². The second-order valence-electron chi connectivity index (χ2n) is 13.0. The number of carbonyl (C=O) groups is 1. The van der Waals surface area contributed by atoms with E-state index >= 15 is 0 Å². The van der Waals surface area contributed by atoms with E-state index in [4.69, 9.17) is 9.47 Å². The van der Waals surface area contributed by atoms with E-state index < -0.39 is 49.5 Å². The number of aliphatic hydroxyl groups excluding tert-OH is 5. The van der Waals surface area contributed by atoms with Crippen LogP contribution < -0.4 is 5.32 Å². The summed E-state index contributed by atoms with van der Waals surface area (Å²) in [5.74, 6) is -0.181. The summed E-state index contributed by atoms with van der Waals surface area (Å²) in [7, 11) is 0. The average Bonchev–Trinajstić information content (AvgIpc) is 3.04. The topological polar surface area (TPSA) is 149 Å². The maximum Gasteiger partial charge on any atom is 0.220 e. The van der Waals surface area contributed by atoms with Crippen LogP contribution in [0.1, 0.15) is 155 Å². The summed E-state index contributed by atoms with van der Waals surface area (Å²) < 4.78 is 11.1. The first-order valence-electron chi connectivity index (χ1n) is 18.4. The zero-order valence-electron chi connectivity index (χ0n) is 28.6. The van der Waals surface area contributed by atoms with Crippen LogP contribution in [0.2, 0.25) is 0 Å². The Kier molecular flexibility index (Phi) is 26.1. The van der Waals surface area contributed by atoms with Gasteiger partial charge < -0.3 is 40.3 Å². The van der Waals surface area contributed by atoms with E-state index in [1.54, 1.807) is 6.08 Å². The van der Waals surface area contributed by atoms with Crippen LogP contribution in [0.3, 0.4) is 0 Å². The van der Waals surface area contributed by atoms with Crippen LogP contribution in [-0.2, 0) is 14.3 Å². The third-order valence-corrected chi connectivity index (χ3v) is 8.86. The summed E-state index contributed by atoms with van der Waals surface area (Å²) >= 11 is 0. The zero-order chi connectivity index (χ0) is 33.1. The van der Waals surface area contributed by atoms with Gasteiger partial charge in [0.05, 0.1) is 25.4 Å². The Balaban J connectivity index is 2.46. The Morgan fingerprint density at radius 1 is 0.733 bits per heavy atom.